The summed E-state index contributed by atoms with van der Waals surface area (Å²) in [7, 11) is -3.91. The first kappa shape index (κ1) is 16.5. The molecule has 0 aromatic heterocycles. The van der Waals surface area contributed by atoms with Crippen molar-refractivity contribution in [3.63, 3.8) is 0 Å². The fourth-order valence-corrected chi connectivity index (χ4v) is 3.36. The van der Waals surface area contributed by atoms with Crippen LogP contribution < -0.4 is 0 Å². The van der Waals surface area contributed by atoms with E-state index in [2.05, 4.69) is 5.92 Å². The van der Waals surface area contributed by atoms with Crippen LogP contribution in [0.1, 0.15) is 22.9 Å². The second kappa shape index (κ2) is 5.63. The average molecular weight is 353 g/mol. The molecule has 124 valence electrons. The summed E-state index contributed by atoms with van der Waals surface area (Å²) in [5.74, 6) is 2.37. The van der Waals surface area contributed by atoms with Crippen LogP contribution in [0, 0.1) is 12.3 Å². The maximum Gasteiger partial charge on any atom is 0.416 e. The molecule has 24 heavy (non-hydrogen) atoms. The van der Waals surface area contributed by atoms with Crippen LogP contribution in [0.4, 0.5) is 13.2 Å². The van der Waals surface area contributed by atoms with E-state index in [-0.39, 0.29) is 4.90 Å². The summed E-state index contributed by atoms with van der Waals surface area (Å²) in [4.78, 5) is 5.01. The Hall–Kier alpha value is -2.34. The van der Waals surface area contributed by atoms with E-state index in [1.807, 2.05) is 0 Å². The topological polar surface area (TPSA) is 49.7 Å². The number of benzene rings is 2. The monoisotopic (exact) mass is 353 g/mol. The second-order valence-corrected chi connectivity index (χ2v) is 6.79. The lowest BCUT2D eigenvalue weighted by molar-refractivity contribution is -0.137. The minimum absolute atomic E-state index is 0.0177. The highest BCUT2D eigenvalue weighted by Gasteiger charge is 2.48. The van der Waals surface area contributed by atoms with Crippen molar-refractivity contribution < 1.29 is 26.4 Å². The highest BCUT2D eigenvalue weighted by atomic mass is 32.2. The highest BCUT2D eigenvalue weighted by molar-refractivity contribution is 7.89. The third-order valence-electron chi connectivity index (χ3n) is 3.43. The summed E-state index contributed by atoms with van der Waals surface area (Å²) in [6.45, 7) is 0. The van der Waals surface area contributed by atoms with Crippen LogP contribution in [0.25, 0.3) is 0 Å². The van der Waals surface area contributed by atoms with Crippen LogP contribution in [0.3, 0.4) is 0 Å². The van der Waals surface area contributed by atoms with Gasteiger partial charge in [0.05, 0.1) is 10.5 Å². The molecule has 2 aromatic rings. The number of sulfonamides is 1. The zero-order valence-corrected chi connectivity index (χ0v) is 12.8. The van der Waals surface area contributed by atoms with Crippen LogP contribution in [0.2, 0.25) is 0 Å². The number of halogens is 3. The Morgan fingerprint density at radius 3 is 2.12 bits per heavy atom. The van der Waals surface area contributed by atoms with Gasteiger partial charge in [-0.25, -0.2) is 8.42 Å². The van der Waals surface area contributed by atoms with Crippen molar-refractivity contribution in [2.75, 3.05) is 0 Å². The summed E-state index contributed by atoms with van der Waals surface area (Å²) >= 11 is 0. The number of terminal acetylenes is 1. The van der Waals surface area contributed by atoms with Gasteiger partial charge >= 0.3 is 6.18 Å². The van der Waals surface area contributed by atoms with Gasteiger partial charge in [0, 0.05) is 11.1 Å². The maximum atomic E-state index is 12.5. The Bertz CT molecular complexity index is 898. The van der Waals surface area contributed by atoms with Gasteiger partial charge in [-0.3, -0.25) is 4.84 Å². The molecule has 4 nitrogen and oxygen atoms in total. The van der Waals surface area contributed by atoms with Crippen LogP contribution in [0.5, 0.6) is 0 Å². The zero-order chi connectivity index (χ0) is 17.5. The second-order valence-electron chi connectivity index (χ2n) is 5.01. The first-order valence-electron chi connectivity index (χ1n) is 6.68. The van der Waals surface area contributed by atoms with E-state index in [9.17, 15) is 21.6 Å². The van der Waals surface area contributed by atoms with E-state index in [1.54, 1.807) is 0 Å². The van der Waals surface area contributed by atoms with E-state index in [0.717, 1.165) is 16.6 Å². The number of hydrogen-bond acceptors (Lipinski definition) is 3. The lowest BCUT2D eigenvalue weighted by atomic mass is 10.1. The Morgan fingerprint density at radius 2 is 1.62 bits per heavy atom. The Labute approximate surface area is 136 Å². The fourth-order valence-electron chi connectivity index (χ4n) is 2.10. The minimum Gasteiger partial charge on any atom is -0.253 e. The number of nitrogens with zero attached hydrogens (tertiary/aromatic N) is 1. The first-order valence-corrected chi connectivity index (χ1v) is 8.12. The van der Waals surface area contributed by atoms with Crippen LogP contribution >= 0.6 is 0 Å². The number of rotatable bonds is 3. The summed E-state index contributed by atoms with van der Waals surface area (Å²) in [5.41, 5.74) is 0.0259. The largest absolute Gasteiger partial charge is 0.416 e. The Balaban J connectivity index is 1.80. The van der Waals surface area contributed by atoms with E-state index < -0.39 is 28.0 Å². The Kier molecular flexibility index (Phi) is 3.87. The van der Waals surface area contributed by atoms with Gasteiger partial charge in [-0.05, 0) is 40.9 Å². The fraction of sp³-hybridized carbons (Fsp3) is 0.125. The quantitative estimate of drug-likeness (QED) is 0.628. The molecule has 1 saturated heterocycles. The van der Waals surface area contributed by atoms with E-state index in [4.69, 9.17) is 11.3 Å². The normalized spacial score (nSPS) is 20.4. The number of alkyl halides is 3. The van der Waals surface area contributed by atoms with Gasteiger partial charge in [0.2, 0.25) is 0 Å². The molecule has 0 N–H and O–H groups in total. The van der Waals surface area contributed by atoms with Gasteiger partial charge in [0.1, 0.15) is 0 Å². The van der Waals surface area contributed by atoms with Crippen molar-refractivity contribution in [1.29, 1.82) is 0 Å². The lowest BCUT2D eigenvalue weighted by Gasteiger charge is -2.06. The molecule has 1 fully saturated rings. The summed E-state index contributed by atoms with van der Waals surface area (Å²) in [5, 5.41) is 0. The van der Waals surface area contributed by atoms with Gasteiger partial charge in [-0.1, -0.05) is 18.1 Å². The number of hydroxylamine groups is 1. The van der Waals surface area contributed by atoms with Crippen molar-refractivity contribution in [1.82, 2.24) is 4.47 Å². The van der Waals surface area contributed by atoms with Crippen molar-refractivity contribution in [3.8, 4) is 12.3 Å². The van der Waals surface area contributed by atoms with Gasteiger partial charge in [-0.15, -0.1) is 6.42 Å². The van der Waals surface area contributed by atoms with Gasteiger partial charge in [0.15, 0.2) is 6.23 Å². The van der Waals surface area contributed by atoms with E-state index in [0.29, 0.717) is 11.1 Å². The molecule has 0 saturated carbocycles. The van der Waals surface area contributed by atoms with Crippen LogP contribution in [0.15, 0.2) is 53.4 Å². The molecule has 2 aromatic carbocycles. The molecular formula is C16H10F3NO3S. The predicted octanol–water partition coefficient (Wildman–Crippen LogP) is 3.32. The van der Waals surface area contributed by atoms with Crippen molar-refractivity contribution >= 4 is 10.0 Å². The molecule has 0 bridgehead atoms. The van der Waals surface area contributed by atoms with Crippen molar-refractivity contribution in [2.24, 2.45) is 0 Å². The molecule has 0 amide bonds. The average Bonchev–Trinajstić information content (AvgIpc) is 3.35. The molecule has 1 aliphatic rings. The molecule has 2 unspecified atom stereocenters. The van der Waals surface area contributed by atoms with Gasteiger partial charge < -0.3 is 0 Å². The maximum absolute atomic E-state index is 12.5. The summed E-state index contributed by atoms with van der Waals surface area (Å²) in [6, 6.07) is 9.76. The molecule has 0 spiro atoms. The smallest absolute Gasteiger partial charge is 0.253 e. The van der Waals surface area contributed by atoms with E-state index >= 15 is 0 Å². The third kappa shape index (κ3) is 3.01. The molecule has 3 rings (SSSR count). The zero-order valence-electron chi connectivity index (χ0n) is 12.0. The molecular weight excluding hydrogens is 343 g/mol. The third-order valence-corrected chi connectivity index (χ3v) is 5.05. The highest BCUT2D eigenvalue weighted by Crippen LogP contribution is 2.42. The number of hydrogen-bond donors (Lipinski definition) is 0. The summed E-state index contributed by atoms with van der Waals surface area (Å²) in [6.07, 6.45) is -0.184. The SMILES string of the molecule is C#Cc1ccc(S(=O)(=O)N2OC2c2ccc(C(F)(F)F)cc2)cc1. The molecule has 0 aliphatic carbocycles. The molecule has 1 heterocycles. The van der Waals surface area contributed by atoms with Crippen molar-refractivity contribution in [2.45, 2.75) is 17.3 Å². The standard InChI is InChI=1S/C16H10F3NO3S/c1-2-11-3-9-14(10-4-11)24(21,22)20-15(23-20)12-5-7-13(8-6-12)16(17,18)19/h1,3-10,15H. The predicted molar refractivity (Wildman–Crippen MR) is 78.7 cm³/mol. The minimum atomic E-state index is -4.45. The van der Waals surface area contributed by atoms with Crippen LogP contribution in [-0.4, -0.2) is 12.9 Å². The molecule has 8 heteroatoms. The first-order chi connectivity index (χ1) is 11.2. The van der Waals surface area contributed by atoms with Crippen LogP contribution in [-0.2, 0) is 21.0 Å². The van der Waals surface area contributed by atoms with Gasteiger partial charge in [0.25, 0.3) is 10.0 Å². The molecule has 0 radical (unpaired) electrons. The lowest BCUT2D eigenvalue weighted by Crippen LogP contribution is -2.12. The van der Waals surface area contributed by atoms with E-state index in [1.165, 1.54) is 36.4 Å². The molecule has 2 atom stereocenters. The summed E-state index contributed by atoms with van der Waals surface area (Å²) < 4.78 is 63.1. The van der Waals surface area contributed by atoms with Gasteiger partial charge in [-0.2, -0.15) is 13.2 Å². The van der Waals surface area contributed by atoms with Crippen molar-refractivity contribution in [3.05, 3.63) is 65.2 Å². The molecule has 1 aliphatic heterocycles. The Morgan fingerprint density at radius 1 is 1.04 bits per heavy atom.